The summed E-state index contributed by atoms with van der Waals surface area (Å²) in [6.07, 6.45) is 0. The zero-order chi connectivity index (χ0) is 8.84. The number of thiophene rings is 1. The first-order valence-electron chi connectivity index (χ1n) is 4.07. The molecule has 64 valence electrons. The Bertz CT molecular complexity index is 529. The van der Waals surface area contributed by atoms with E-state index in [4.69, 9.17) is 0 Å². The Kier molecular flexibility index (Phi) is 1.45. The Balaban J connectivity index is 2.54. The molecular formula is C10H7NS2. The lowest BCUT2D eigenvalue weighted by Crippen LogP contribution is -1.67. The molecule has 3 heteroatoms. The van der Waals surface area contributed by atoms with Crippen molar-refractivity contribution >= 4 is 43.0 Å². The van der Waals surface area contributed by atoms with Gasteiger partial charge in [0.1, 0.15) is 0 Å². The van der Waals surface area contributed by atoms with Crippen molar-refractivity contribution in [1.82, 2.24) is 4.98 Å². The highest BCUT2D eigenvalue weighted by Crippen LogP contribution is 2.29. The predicted molar refractivity (Wildman–Crippen MR) is 59.7 cm³/mol. The summed E-state index contributed by atoms with van der Waals surface area (Å²) in [5.41, 5.74) is 1.13. The number of benzene rings is 1. The molecule has 1 aromatic carbocycles. The lowest BCUT2D eigenvalue weighted by molar-refractivity contribution is 1.35. The van der Waals surface area contributed by atoms with Crippen LogP contribution in [0.15, 0.2) is 23.6 Å². The Hall–Kier alpha value is -0.930. The number of hydrogen-bond acceptors (Lipinski definition) is 3. The van der Waals surface area contributed by atoms with E-state index in [1.807, 2.05) is 0 Å². The van der Waals surface area contributed by atoms with Gasteiger partial charge in [0, 0.05) is 4.70 Å². The van der Waals surface area contributed by atoms with E-state index < -0.39 is 0 Å². The summed E-state index contributed by atoms with van der Waals surface area (Å²) in [5.74, 6) is 0. The maximum absolute atomic E-state index is 4.47. The minimum Gasteiger partial charge on any atom is -0.241 e. The van der Waals surface area contributed by atoms with Crippen LogP contribution in [0.1, 0.15) is 5.01 Å². The molecule has 2 heterocycles. The first kappa shape index (κ1) is 7.47. The van der Waals surface area contributed by atoms with Gasteiger partial charge in [0.2, 0.25) is 0 Å². The Morgan fingerprint density at radius 3 is 3.08 bits per heavy atom. The third-order valence-corrected chi connectivity index (χ3v) is 3.88. The summed E-state index contributed by atoms with van der Waals surface area (Å²) in [7, 11) is 0. The Morgan fingerprint density at radius 1 is 1.23 bits per heavy atom. The highest BCUT2D eigenvalue weighted by Gasteiger charge is 2.02. The summed E-state index contributed by atoms with van der Waals surface area (Å²) in [4.78, 5) is 4.47. The van der Waals surface area contributed by atoms with E-state index in [0.717, 1.165) is 10.5 Å². The van der Waals surface area contributed by atoms with Crippen LogP contribution in [-0.2, 0) is 0 Å². The van der Waals surface area contributed by atoms with E-state index in [-0.39, 0.29) is 0 Å². The van der Waals surface area contributed by atoms with Crippen LogP contribution in [0.4, 0.5) is 0 Å². The molecular weight excluding hydrogens is 198 g/mol. The molecule has 0 spiro atoms. The largest absolute Gasteiger partial charge is 0.241 e. The first-order chi connectivity index (χ1) is 6.33. The molecule has 0 saturated heterocycles. The van der Waals surface area contributed by atoms with Gasteiger partial charge in [0.15, 0.2) is 0 Å². The van der Waals surface area contributed by atoms with Crippen molar-refractivity contribution in [3.05, 3.63) is 28.6 Å². The Morgan fingerprint density at radius 2 is 2.15 bits per heavy atom. The second kappa shape index (κ2) is 2.53. The molecule has 0 aliphatic heterocycles. The van der Waals surface area contributed by atoms with Gasteiger partial charge in [-0.15, -0.1) is 22.7 Å². The average Bonchev–Trinajstić information content (AvgIpc) is 2.63. The monoisotopic (exact) mass is 205 g/mol. The molecule has 0 aliphatic rings. The average molecular weight is 205 g/mol. The molecule has 1 nitrogen and oxygen atoms in total. The fourth-order valence-corrected chi connectivity index (χ4v) is 3.23. The van der Waals surface area contributed by atoms with Gasteiger partial charge >= 0.3 is 0 Å². The van der Waals surface area contributed by atoms with E-state index in [2.05, 4.69) is 35.5 Å². The van der Waals surface area contributed by atoms with Crippen LogP contribution in [0.5, 0.6) is 0 Å². The van der Waals surface area contributed by atoms with Gasteiger partial charge in [0.25, 0.3) is 0 Å². The van der Waals surface area contributed by atoms with Crippen LogP contribution in [0.3, 0.4) is 0 Å². The zero-order valence-electron chi connectivity index (χ0n) is 7.07. The topological polar surface area (TPSA) is 12.9 Å². The van der Waals surface area contributed by atoms with E-state index in [1.165, 1.54) is 14.8 Å². The van der Waals surface area contributed by atoms with E-state index in [0.29, 0.717) is 0 Å². The third kappa shape index (κ3) is 1.08. The number of thiazole rings is 1. The van der Waals surface area contributed by atoms with Crippen LogP contribution >= 0.6 is 22.7 Å². The second-order valence-corrected chi connectivity index (χ2v) is 5.19. The van der Waals surface area contributed by atoms with Gasteiger partial charge in [-0.3, -0.25) is 0 Å². The predicted octanol–water partition coefficient (Wildman–Crippen LogP) is 3.82. The van der Waals surface area contributed by atoms with Crippen molar-refractivity contribution in [2.75, 3.05) is 0 Å². The molecule has 0 fully saturated rings. The standard InChI is InChI=1S/C10H7NS2/c1-6-11-8-4-7-2-3-12-9(7)5-10(8)13-6/h2-5H,1H3. The zero-order valence-corrected chi connectivity index (χ0v) is 8.71. The summed E-state index contributed by atoms with van der Waals surface area (Å²) in [6, 6.07) is 6.55. The molecule has 0 unspecified atom stereocenters. The molecule has 3 aromatic rings. The smallest absolute Gasteiger partial charge is 0.0907 e. The third-order valence-electron chi connectivity index (χ3n) is 2.07. The molecule has 2 aromatic heterocycles. The highest BCUT2D eigenvalue weighted by atomic mass is 32.1. The summed E-state index contributed by atoms with van der Waals surface area (Å²) < 4.78 is 2.66. The molecule has 3 rings (SSSR count). The molecule has 0 atom stereocenters. The van der Waals surface area contributed by atoms with Crippen LogP contribution in [0.2, 0.25) is 0 Å². The first-order valence-corrected chi connectivity index (χ1v) is 5.77. The van der Waals surface area contributed by atoms with Gasteiger partial charge < -0.3 is 0 Å². The fourth-order valence-electron chi connectivity index (χ4n) is 1.50. The quantitative estimate of drug-likeness (QED) is 0.543. The molecule has 0 saturated carbocycles. The molecule has 13 heavy (non-hydrogen) atoms. The summed E-state index contributed by atoms with van der Waals surface area (Å²) in [5, 5.41) is 4.58. The molecule has 0 radical (unpaired) electrons. The van der Waals surface area contributed by atoms with Gasteiger partial charge in [-0.25, -0.2) is 4.98 Å². The Labute approximate surface area is 83.7 Å². The highest BCUT2D eigenvalue weighted by molar-refractivity contribution is 7.20. The number of fused-ring (bicyclic) bond motifs is 2. The van der Waals surface area contributed by atoms with E-state index >= 15 is 0 Å². The van der Waals surface area contributed by atoms with Crippen molar-refractivity contribution in [3.63, 3.8) is 0 Å². The van der Waals surface area contributed by atoms with Crippen molar-refractivity contribution < 1.29 is 0 Å². The summed E-state index contributed by atoms with van der Waals surface area (Å²) in [6.45, 7) is 2.05. The number of hydrogen-bond donors (Lipinski definition) is 0. The van der Waals surface area contributed by atoms with Crippen LogP contribution < -0.4 is 0 Å². The number of aryl methyl sites for hydroxylation is 1. The lowest BCUT2D eigenvalue weighted by atomic mass is 10.2. The van der Waals surface area contributed by atoms with Crippen molar-refractivity contribution in [2.24, 2.45) is 0 Å². The number of aromatic nitrogens is 1. The maximum atomic E-state index is 4.47. The minimum absolute atomic E-state index is 1.13. The maximum Gasteiger partial charge on any atom is 0.0907 e. The molecule has 0 bridgehead atoms. The minimum atomic E-state index is 1.13. The van der Waals surface area contributed by atoms with Crippen LogP contribution in [0, 0.1) is 6.92 Å². The van der Waals surface area contributed by atoms with Crippen molar-refractivity contribution in [2.45, 2.75) is 6.92 Å². The van der Waals surface area contributed by atoms with Gasteiger partial charge in [-0.1, -0.05) is 0 Å². The normalized spacial score (nSPS) is 11.5. The van der Waals surface area contributed by atoms with Gasteiger partial charge in [0.05, 0.1) is 15.2 Å². The van der Waals surface area contributed by atoms with E-state index in [1.54, 1.807) is 22.7 Å². The van der Waals surface area contributed by atoms with Crippen molar-refractivity contribution in [3.8, 4) is 0 Å². The summed E-state index contributed by atoms with van der Waals surface area (Å²) >= 11 is 3.56. The number of nitrogens with zero attached hydrogens (tertiary/aromatic N) is 1. The van der Waals surface area contributed by atoms with E-state index in [9.17, 15) is 0 Å². The van der Waals surface area contributed by atoms with Gasteiger partial charge in [-0.05, 0) is 35.9 Å². The second-order valence-electron chi connectivity index (χ2n) is 3.01. The molecule has 0 N–H and O–H groups in total. The van der Waals surface area contributed by atoms with Gasteiger partial charge in [-0.2, -0.15) is 0 Å². The molecule has 0 amide bonds. The number of rotatable bonds is 0. The van der Waals surface area contributed by atoms with Crippen molar-refractivity contribution in [1.29, 1.82) is 0 Å². The SMILES string of the molecule is Cc1nc2cc3ccsc3cc2s1. The van der Waals surface area contributed by atoms with Crippen LogP contribution in [0.25, 0.3) is 20.3 Å². The van der Waals surface area contributed by atoms with Crippen LogP contribution in [-0.4, -0.2) is 4.98 Å². The molecule has 0 aliphatic carbocycles. The fraction of sp³-hybridized carbons (Fsp3) is 0.100. The lowest BCUT2D eigenvalue weighted by Gasteiger charge is -1.88.